The van der Waals surface area contributed by atoms with E-state index in [0.29, 0.717) is 6.42 Å². The quantitative estimate of drug-likeness (QED) is 0.297. The smallest absolute Gasteiger partial charge is 0.294 e. The van der Waals surface area contributed by atoms with Gasteiger partial charge in [-0.25, -0.2) is 0 Å². The summed E-state index contributed by atoms with van der Waals surface area (Å²) < 4.78 is 31.8. The Bertz CT molecular complexity index is 556. The highest BCUT2D eigenvalue weighted by Crippen LogP contribution is 2.18. The van der Waals surface area contributed by atoms with Crippen molar-refractivity contribution in [3.05, 3.63) is 29.8 Å². The van der Waals surface area contributed by atoms with Gasteiger partial charge in [-0.1, -0.05) is 96.8 Å². The Morgan fingerprint density at radius 3 is 1.70 bits per heavy atom. The molecule has 0 heterocycles. The van der Waals surface area contributed by atoms with Crippen molar-refractivity contribution in [2.75, 3.05) is 13.1 Å². The highest BCUT2D eigenvalue weighted by atomic mass is 32.2. The van der Waals surface area contributed by atoms with Crippen molar-refractivity contribution in [2.45, 2.75) is 96.3 Å². The highest BCUT2D eigenvalue weighted by molar-refractivity contribution is 7.85. The minimum Gasteiger partial charge on any atom is -0.317 e. The molecule has 0 aromatic heterocycles. The van der Waals surface area contributed by atoms with Crippen LogP contribution in [0.4, 0.5) is 0 Å². The van der Waals surface area contributed by atoms with Crippen molar-refractivity contribution in [1.82, 2.24) is 5.32 Å². The fraction of sp³-hybridized carbons (Fsp3) is 0.727. The van der Waals surface area contributed by atoms with Gasteiger partial charge in [-0.15, -0.1) is 0 Å². The van der Waals surface area contributed by atoms with Crippen LogP contribution in [0.25, 0.3) is 0 Å². The summed E-state index contributed by atoms with van der Waals surface area (Å²) in [5.41, 5.74) is 0.726. The van der Waals surface area contributed by atoms with E-state index in [1.807, 2.05) is 6.07 Å². The molecule has 1 aromatic rings. The molecule has 0 saturated heterocycles. The predicted molar refractivity (Wildman–Crippen MR) is 116 cm³/mol. The first kappa shape index (κ1) is 26.1. The third kappa shape index (κ3) is 14.8. The van der Waals surface area contributed by atoms with Gasteiger partial charge in [0.1, 0.15) is 0 Å². The maximum Gasteiger partial charge on any atom is 0.294 e. The van der Waals surface area contributed by atoms with Gasteiger partial charge in [0.25, 0.3) is 10.1 Å². The fourth-order valence-corrected chi connectivity index (χ4v) is 3.77. The van der Waals surface area contributed by atoms with Gasteiger partial charge in [0, 0.05) is 0 Å². The van der Waals surface area contributed by atoms with Crippen LogP contribution in [-0.4, -0.2) is 26.1 Å². The molecule has 0 spiro atoms. The van der Waals surface area contributed by atoms with Crippen LogP contribution in [0.5, 0.6) is 0 Å². The van der Waals surface area contributed by atoms with E-state index in [0.717, 1.165) is 31.5 Å². The lowest BCUT2D eigenvalue weighted by Gasteiger charge is -2.07. The summed E-state index contributed by atoms with van der Waals surface area (Å²) in [6.07, 6.45) is 13.3. The van der Waals surface area contributed by atoms with Gasteiger partial charge in [-0.3, -0.25) is 4.55 Å². The summed E-state index contributed by atoms with van der Waals surface area (Å²) in [6, 6.07) is 6.73. The van der Waals surface area contributed by atoms with E-state index in [1.165, 1.54) is 57.4 Å². The van der Waals surface area contributed by atoms with Crippen molar-refractivity contribution >= 4 is 10.1 Å². The molecule has 158 valence electrons. The van der Waals surface area contributed by atoms with Crippen molar-refractivity contribution in [1.29, 1.82) is 0 Å². The summed E-state index contributed by atoms with van der Waals surface area (Å²) in [6.45, 7) is 8.63. The first-order chi connectivity index (χ1) is 13.0. The lowest BCUT2D eigenvalue weighted by atomic mass is 10.0. The number of hydrogen-bond donors (Lipinski definition) is 2. The topological polar surface area (TPSA) is 66.4 Å². The van der Waals surface area contributed by atoms with E-state index in [2.05, 4.69) is 26.1 Å². The first-order valence-corrected chi connectivity index (χ1v) is 12.2. The average Bonchev–Trinajstić information content (AvgIpc) is 2.64. The number of aryl methyl sites for hydroxylation is 1. The summed E-state index contributed by atoms with van der Waals surface area (Å²) in [5, 5.41) is 3.11. The van der Waals surface area contributed by atoms with Gasteiger partial charge >= 0.3 is 0 Å². The lowest BCUT2D eigenvalue weighted by Crippen LogP contribution is -2.09. The Morgan fingerprint density at radius 1 is 0.778 bits per heavy atom. The summed E-state index contributed by atoms with van der Waals surface area (Å²) >= 11 is 0. The van der Waals surface area contributed by atoms with E-state index in [1.54, 1.807) is 12.1 Å². The third-order valence-electron chi connectivity index (χ3n) is 4.55. The number of unbranched alkanes of at least 4 members (excludes halogenated alkanes) is 9. The van der Waals surface area contributed by atoms with Gasteiger partial charge < -0.3 is 5.32 Å². The second-order valence-electron chi connectivity index (χ2n) is 6.97. The number of rotatable bonds is 14. The van der Waals surface area contributed by atoms with Crippen LogP contribution in [0.15, 0.2) is 29.2 Å². The Balaban J connectivity index is 0.00000119. The molecular formula is C22H41NO3S. The molecule has 0 saturated carbocycles. The Labute approximate surface area is 167 Å². The molecule has 0 fully saturated rings. The molecule has 0 radical (unpaired) electrons. The van der Waals surface area contributed by atoms with Crippen LogP contribution in [0.1, 0.15) is 90.5 Å². The van der Waals surface area contributed by atoms with E-state index >= 15 is 0 Å². The minimum absolute atomic E-state index is 0.0610. The zero-order valence-corrected chi connectivity index (χ0v) is 18.5. The van der Waals surface area contributed by atoms with Crippen molar-refractivity contribution < 1.29 is 13.0 Å². The van der Waals surface area contributed by atoms with Gasteiger partial charge in [0.05, 0.1) is 4.90 Å². The van der Waals surface area contributed by atoms with Gasteiger partial charge in [-0.05, 0) is 37.6 Å². The summed E-state index contributed by atoms with van der Waals surface area (Å²) in [7, 11) is -4.10. The Kier molecular flexibility index (Phi) is 16.6. The summed E-state index contributed by atoms with van der Waals surface area (Å²) in [4.78, 5) is 0.0610. The first-order valence-electron chi connectivity index (χ1n) is 10.7. The molecule has 0 aliphatic carbocycles. The van der Waals surface area contributed by atoms with Gasteiger partial charge in [0.15, 0.2) is 0 Å². The molecule has 1 aromatic carbocycles. The number of hydrogen-bond acceptors (Lipinski definition) is 3. The predicted octanol–water partition coefficient (Wildman–Crippen LogP) is 6.01. The molecule has 0 atom stereocenters. The normalized spacial score (nSPS) is 11.1. The van der Waals surface area contributed by atoms with E-state index < -0.39 is 10.1 Å². The van der Waals surface area contributed by atoms with Crippen LogP contribution in [0.3, 0.4) is 0 Å². The van der Waals surface area contributed by atoms with Crippen LogP contribution < -0.4 is 5.32 Å². The zero-order valence-electron chi connectivity index (χ0n) is 17.7. The molecule has 0 unspecified atom stereocenters. The zero-order chi connectivity index (χ0) is 20.4. The molecule has 4 nitrogen and oxygen atoms in total. The molecule has 27 heavy (non-hydrogen) atoms. The molecule has 5 heteroatoms. The second-order valence-corrected chi connectivity index (χ2v) is 8.36. The monoisotopic (exact) mass is 399 g/mol. The standard InChI is InChI=1S/C18H30O3S.C4H11N/c1-2-3-4-5-6-7-8-9-10-11-14-17-15-12-13-16-18(17)22(19,20)21;1-3-5-4-2/h12-13,15-16H,2-11,14H2,1H3,(H,19,20,21);5H,3-4H2,1-2H3. The maximum absolute atomic E-state index is 11.3. The Hall–Kier alpha value is -0.910. The van der Waals surface area contributed by atoms with Crippen molar-refractivity contribution in [3.8, 4) is 0 Å². The fourth-order valence-electron chi connectivity index (χ4n) is 3.01. The molecule has 0 bridgehead atoms. The van der Waals surface area contributed by atoms with Crippen LogP contribution in [0.2, 0.25) is 0 Å². The van der Waals surface area contributed by atoms with E-state index in [-0.39, 0.29) is 4.90 Å². The second kappa shape index (κ2) is 17.2. The van der Waals surface area contributed by atoms with Crippen LogP contribution >= 0.6 is 0 Å². The molecule has 1 rings (SSSR count). The van der Waals surface area contributed by atoms with Crippen molar-refractivity contribution in [2.24, 2.45) is 0 Å². The van der Waals surface area contributed by atoms with Gasteiger partial charge in [0.2, 0.25) is 0 Å². The van der Waals surface area contributed by atoms with Crippen molar-refractivity contribution in [3.63, 3.8) is 0 Å². The Morgan fingerprint density at radius 2 is 1.26 bits per heavy atom. The summed E-state index contributed by atoms with van der Waals surface area (Å²) in [5.74, 6) is 0. The maximum atomic E-state index is 11.3. The minimum atomic E-state index is -4.10. The SMILES string of the molecule is CCCCCCCCCCCCc1ccccc1S(=O)(=O)O.CCNCC. The van der Waals surface area contributed by atoms with Crippen LogP contribution in [0, 0.1) is 0 Å². The molecular weight excluding hydrogens is 358 g/mol. The van der Waals surface area contributed by atoms with E-state index in [9.17, 15) is 13.0 Å². The van der Waals surface area contributed by atoms with Crippen LogP contribution in [-0.2, 0) is 16.5 Å². The highest BCUT2D eigenvalue weighted by Gasteiger charge is 2.13. The molecule has 0 aliphatic heterocycles. The third-order valence-corrected chi connectivity index (χ3v) is 5.50. The number of benzene rings is 1. The molecule has 0 amide bonds. The molecule has 0 aliphatic rings. The molecule has 2 N–H and O–H groups in total. The average molecular weight is 400 g/mol. The lowest BCUT2D eigenvalue weighted by molar-refractivity contribution is 0.481. The van der Waals surface area contributed by atoms with Gasteiger partial charge in [-0.2, -0.15) is 8.42 Å². The largest absolute Gasteiger partial charge is 0.317 e. The number of nitrogens with one attached hydrogen (secondary N) is 1. The van der Waals surface area contributed by atoms with E-state index in [4.69, 9.17) is 0 Å².